The van der Waals surface area contributed by atoms with E-state index in [0.717, 1.165) is 5.56 Å². The second-order valence-corrected chi connectivity index (χ2v) is 9.71. The highest BCUT2D eigenvalue weighted by Crippen LogP contribution is 2.14. The Morgan fingerprint density at radius 2 is 1.52 bits per heavy atom. The van der Waals surface area contributed by atoms with Crippen LogP contribution in [0.3, 0.4) is 0 Å². The molecule has 7 nitrogen and oxygen atoms in total. The summed E-state index contributed by atoms with van der Waals surface area (Å²) in [7, 11) is -1.72. The molecule has 2 rings (SSSR count). The summed E-state index contributed by atoms with van der Waals surface area (Å²) >= 11 is 0. The van der Waals surface area contributed by atoms with E-state index >= 15 is 0 Å². The first-order chi connectivity index (χ1) is 14.5. The first-order valence-corrected chi connectivity index (χ1v) is 11.4. The zero-order chi connectivity index (χ0) is 23.0. The molecule has 8 heteroatoms. The van der Waals surface area contributed by atoms with Crippen molar-refractivity contribution in [2.24, 2.45) is 0 Å². The smallest absolute Gasteiger partial charge is 0.240 e. The molecule has 0 aliphatic rings. The molecule has 0 saturated heterocycles. The molecule has 0 bridgehead atoms. The van der Waals surface area contributed by atoms with E-state index in [1.54, 1.807) is 42.5 Å². The first kappa shape index (κ1) is 24.3. The molecular formula is C23H29N3O4S. The van der Waals surface area contributed by atoms with Crippen LogP contribution < -0.4 is 15.5 Å². The molecule has 0 spiro atoms. The number of nitrogens with zero attached hydrogens (tertiary/aromatic N) is 1. The van der Waals surface area contributed by atoms with Gasteiger partial charge in [-0.3, -0.25) is 18.6 Å². The molecule has 0 radical (unpaired) electrons. The minimum atomic E-state index is -1.72. The van der Waals surface area contributed by atoms with Gasteiger partial charge in [-0.25, -0.2) is 0 Å². The Morgan fingerprint density at radius 1 is 0.903 bits per heavy atom. The fraction of sp³-hybridized carbons (Fsp3) is 0.348. The third kappa shape index (κ3) is 8.72. The Labute approximate surface area is 185 Å². The van der Waals surface area contributed by atoms with Gasteiger partial charge >= 0.3 is 0 Å². The number of aryl methyl sites for hydroxylation is 1. The fourth-order valence-electron chi connectivity index (χ4n) is 2.78. The van der Waals surface area contributed by atoms with Crippen LogP contribution in [0.4, 0.5) is 11.4 Å². The lowest BCUT2D eigenvalue weighted by Crippen LogP contribution is -2.48. The number of hydrogen-bond acceptors (Lipinski definition) is 4. The van der Waals surface area contributed by atoms with E-state index in [2.05, 4.69) is 10.6 Å². The minimum Gasteiger partial charge on any atom is -0.350 e. The van der Waals surface area contributed by atoms with Crippen LogP contribution >= 0.6 is 0 Å². The quantitative estimate of drug-likeness (QED) is 0.656. The zero-order valence-corrected chi connectivity index (χ0v) is 19.1. The number of hydrogen-bond donors (Lipinski definition) is 2. The average Bonchev–Trinajstić information content (AvgIpc) is 2.67. The van der Waals surface area contributed by atoms with Crippen molar-refractivity contribution < 1.29 is 18.6 Å². The zero-order valence-electron chi connectivity index (χ0n) is 18.3. The molecule has 0 aromatic heterocycles. The molecule has 2 N–H and O–H groups in total. The van der Waals surface area contributed by atoms with Gasteiger partial charge in [0.2, 0.25) is 17.7 Å². The summed E-state index contributed by atoms with van der Waals surface area (Å²) in [4.78, 5) is 38.7. The summed E-state index contributed by atoms with van der Waals surface area (Å²) < 4.78 is 12.5. The van der Waals surface area contributed by atoms with E-state index in [4.69, 9.17) is 0 Å². The molecule has 0 aliphatic heterocycles. The third-order valence-electron chi connectivity index (χ3n) is 4.10. The van der Waals surface area contributed by atoms with E-state index in [1.165, 1.54) is 4.90 Å². The maximum absolute atomic E-state index is 12.9. The van der Waals surface area contributed by atoms with Crippen molar-refractivity contribution >= 4 is 39.9 Å². The second-order valence-electron chi connectivity index (χ2n) is 8.26. The predicted molar refractivity (Wildman–Crippen MR) is 124 cm³/mol. The number of benzene rings is 2. The maximum atomic E-state index is 12.9. The van der Waals surface area contributed by atoms with Gasteiger partial charge in [-0.15, -0.1) is 0 Å². The molecule has 2 aromatic rings. The van der Waals surface area contributed by atoms with Crippen molar-refractivity contribution in [1.29, 1.82) is 0 Å². The van der Waals surface area contributed by atoms with Gasteiger partial charge < -0.3 is 15.5 Å². The fourth-order valence-corrected chi connectivity index (χ4v) is 3.68. The number of carbonyl (C=O) groups excluding carboxylic acids is 3. The second kappa shape index (κ2) is 10.9. The predicted octanol–water partition coefficient (Wildman–Crippen LogP) is 2.63. The molecule has 3 amide bonds. The Hall–Kier alpha value is -3.00. The number of anilines is 2. The molecule has 1 unspecified atom stereocenters. The summed E-state index contributed by atoms with van der Waals surface area (Å²) in [6.07, 6.45) is 0. The average molecular weight is 444 g/mol. The van der Waals surface area contributed by atoms with Gasteiger partial charge in [-0.1, -0.05) is 35.9 Å². The van der Waals surface area contributed by atoms with E-state index in [-0.39, 0.29) is 24.0 Å². The van der Waals surface area contributed by atoms with Crippen molar-refractivity contribution in [2.45, 2.75) is 33.2 Å². The number of para-hydroxylation sites is 1. The summed E-state index contributed by atoms with van der Waals surface area (Å²) in [6, 6.07) is 15.9. The topological polar surface area (TPSA) is 95.6 Å². The van der Waals surface area contributed by atoms with E-state index < -0.39 is 28.2 Å². The number of amides is 3. The van der Waals surface area contributed by atoms with Crippen LogP contribution in [0.15, 0.2) is 54.6 Å². The van der Waals surface area contributed by atoms with Crippen molar-refractivity contribution in [3.05, 3.63) is 60.2 Å². The van der Waals surface area contributed by atoms with Crippen LogP contribution in [0.25, 0.3) is 0 Å². The lowest BCUT2D eigenvalue weighted by molar-refractivity contribution is -0.124. The number of nitrogens with one attached hydrogen (secondary N) is 2. The third-order valence-corrected chi connectivity index (χ3v) is 5.25. The highest BCUT2D eigenvalue weighted by atomic mass is 32.2. The Morgan fingerprint density at radius 3 is 2.10 bits per heavy atom. The van der Waals surface area contributed by atoms with Gasteiger partial charge in [0.05, 0.1) is 0 Å². The van der Waals surface area contributed by atoms with Gasteiger partial charge in [0.25, 0.3) is 0 Å². The van der Waals surface area contributed by atoms with Crippen LogP contribution in [0, 0.1) is 6.92 Å². The van der Waals surface area contributed by atoms with E-state index in [9.17, 15) is 18.6 Å². The highest BCUT2D eigenvalue weighted by Gasteiger charge is 2.24. The Kier molecular flexibility index (Phi) is 8.50. The number of rotatable bonds is 8. The first-order valence-electron chi connectivity index (χ1n) is 9.91. The van der Waals surface area contributed by atoms with Crippen molar-refractivity contribution in [1.82, 2.24) is 5.32 Å². The SMILES string of the molecule is Cc1ccc(NC(=O)CS(=O)CC(=O)N(CC(=O)NC(C)(C)C)c2ccccc2)cc1. The Bertz CT molecular complexity index is 938. The number of carbonyl (C=O) groups is 3. The van der Waals surface area contributed by atoms with Crippen molar-refractivity contribution in [3.8, 4) is 0 Å². The normalized spacial score (nSPS) is 12.0. The summed E-state index contributed by atoms with van der Waals surface area (Å²) in [5, 5.41) is 5.49. The van der Waals surface area contributed by atoms with Gasteiger partial charge in [-0.05, 0) is 52.0 Å². The van der Waals surface area contributed by atoms with Gasteiger partial charge in [0.1, 0.15) is 18.1 Å². The summed E-state index contributed by atoms with van der Waals surface area (Å²) in [5.74, 6) is -1.92. The molecule has 1 atom stereocenters. The van der Waals surface area contributed by atoms with Crippen molar-refractivity contribution in [2.75, 3.05) is 28.3 Å². The van der Waals surface area contributed by atoms with E-state index in [1.807, 2.05) is 39.8 Å². The molecule has 31 heavy (non-hydrogen) atoms. The molecule has 0 saturated carbocycles. The van der Waals surface area contributed by atoms with Crippen LogP contribution in [-0.4, -0.2) is 45.5 Å². The van der Waals surface area contributed by atoms with Gasteiger partial charge in [0, 0.05) is 27.7 Å². The van der Waals surface area contributed by atoms with E-state index in [0.29, 0.717) is 11.4 Å². The molecular weight excluding hydrogens is 414 g/mol. The minimum absolute atomic E-state index is 0.202. The Balaban J connectivity index is 2.01. The molecule has 2 aromatic carbocycles. The van der Waals surface area contributed by atoms with Crippen LogP contribution in [0.1, 0.15) is 26.3 Å². The summed E-state index contributed by atoms with van der Waals surface area (Å²) in [5.41, 5.74) is 1.74. The monoisotopic (exact) mass is 443 g/mol. The highest BCUT2D eigenvalue weighted by molar-refractivity contribution is 7.86. The summed E-state index contributed by atoms with van der Waals surface area (Å²) in [6.45, 7) is 7.28. The maximum Gasteiger partial charge on any atom is 0.240 e. The lowest BCUT2D eigenvalue weighted by Gasteiger charge is -2.26. The lowest BCUT2D eigenvalue weighted by atomic mass is 10.1. The standard InChI is InChI=1S/C23H29N3O4S/c1-17-10-12-18(13-11-17)24-21(28)15-31(30)16-22(29)26(19-8-6-5-7-9-19)14-20(27)25-23(2,3)4/h5-13H,14-16H2,1-4H3,(H,24,28)(H,25,27). The molecule has 0 aliphatic carbocycles. The molecule has 0 fully saturated rings. The van der Waals surface area contributed by atoms with Gasteiger partial charge in [0.15, 0.2) is 0 Å². The molecule has 0 heterocycles. The van der Waals surface area contributed by atoms with Gasteiger partial charge in [-0.2, -0.15) is 0 Å². The van der Waals surface area contributed by atoms with Crippen LogP contribution in [-0.2, 0) is 25.2 Å². The largest absolute Gasteiger partial charge is 0.350 e. The van der Waals surface area contributed by atoms with Crippen LogP contribution in [0.2, 0.25) is 0 Å². The molecule has 166 valence electrons. The van der Waals surface area contributed by atoms with Crippen molar-refractivity contribution in [3.63, 3.8) is 0 Å². The van der Waals surface area contributed by atoms with Crippen LogP contribution in [0.5, 0.6) is 0 Å².